The van der Waals surface area contributed by atoms with E-state index in [1.165, 1.54) is 19.1 Å². The van der Waals surface area contributed by atoms with Crippen molar-refractivity contribution in [3.8, 4) is 0 Å². The monoisotopic (exact) mass is 319 g/mol. The van der Waals surface area contributed by atoms with Gasteiger partial charge in [0.25, 0.3) is 0 Å². The third-order valence-corrected chi connectivity index (χ3v) is 3.88. The van der Waals surface area contributed by atoms with Gasteiger partial charge in [-0.1, -0.05) is 60.7 Å². The molecule has 0 aromatic heterocycles. The molecule has 1 N–H and O–H groups in total. The number of hydrogen-bond donors (Lipinski definition) is 1. The van der Waals surface area contributed by atoms with E-state index >= 15 is 0 Å². The summed E-state index contributed by atoms with van der Waals surface area (Å²) in [6.07, 6.45) is 0. The fourth-order valence-corrected chi connectivity index (χ4v) is 2.69. The molecule has 0 bridgehead atoms. The second kappa shape index (κ2) is 7.09. The molecule has 3 aromatic carbocycles. The van der Waals surface area contributed by atoms with E-state index in [1.54, 1.807) is 6.07 Å². The van der Waals surface area contributed by atoms with Crippen LogP contribution < -0.4 is 5.32 Å². The van der Waals surface area contributed by atoms with Gasteiger partial charge in [-0.3, -0.25) is 4.79 Å². The number of carbonyl (C=O) groups is 1. The van der Waals surface area contributed by atoms with Gasteiger partial charge in [0.05, 0.1) is 6.04 Å². The zero-order valence-corrected chi connectivity index (χ0v) is 13.4. The number of benzene rings is 3. The van der Waals surface area contributed by atoms with Crippen LogP contribution in [0.3, 0.4) is 0 Å². The smallest absolute Gasteiger partial charge is 0.159 e. The van der Waals surface area contributed by atoms with Crippen molar-refractivity contribution in [2.24, 2.45) is 0 Å². The number of ketones is 1. The summed E-state index contributed by atoms with van der Waals surface area (Å²) in [5.74, 6) is -0.585. The summed E-state index contributed by atoms with van der Waals surface area (Å²) in [5, 5.41) is 3.36. The molecule has 3 heteroatoms. The maximum atomic E-state index is 13.9. The highest BCUT2D eigenvalue weighted by Gasteiger charge is 2.15. The van der Waals surface area contributed by atoms with Crippen molar-refractivity contribution in [1.29, 1.82) is 0 Å². The van der Waals surface area contributed by atoms with Crippen LogP contribution in [0.2, 0.25) is 0 Å². The van der Waals surface area contributed by atoms with Crippen LogP contribution >= 0.6 is 0 Å². The summed E-state index contributed by atoms with van der Waals surface area (Å²) >= 11 is 0. The topological polar surface area (TPSA) is 29.1 Å². The van der Waals surface area contributed by atoms with Crippen molar-refractivity contribution in [2.75, 3.05) is 5.32 Å². The third-order valence-electron chi connectivity index (χ3n) is 3.88. The molecular formula is C21H18FNO. The number of nitrogens with one attached hydrogen (secondary N) is 1. The van der Waals surface area contributed by atoms with Crippen molar-refractivity contribution in [3.63, 3.8) is 0 Å². The molecular weight excluding hydrogens is 301 g/mol. The molecule has 0 amide bonds. The van der Waals surface area contributed by atoms with Gasteiger partial charge in [-0.15, -0.1) is 0 Å². The predicted octanol–water partition coefficient (Wildman–Crippen LogP) is 5.23. The molecule has 0 aliphatic heterocycles. The first-order valence-corrected chi connectivity index (χ1v) is 7.81. The zero-order valence-electron chi connectivity index (χ0n) is 13.4. The van der Waals surface area contributed by atoms with Crippen molar-refractivity contribution in [3.05, 3.63) is 101 Å². The molecule has 0 unspecified atom stereocenters. The summed E-state index contributed by atoms with van der Waals surface area (Å²) in [5.41, 5.74) is 3.07. The summed E-state index contributed by atoms with van der Waals surface area (Å²) in [6.45, 7) is 1.43. The maximum Gasteiger partial charge on any atom is 0.159 e. The van der Waals surface area contributed by atoms with E-state index in [2.05, 4.69) is 5.32 Å². The summed E-state index contributed by atoms with van der Waals surface area (Å²) < 4.78 is 13.9. The van der Waals surface area contributed by atoms with E-state index in [0.29, 0.717) is 11.3 Å². The fraction of sp³-hybridized carbons (Fsp3) is 0.0952. The number of carbonyl (C=O) groups excluding carboxylic acids is 1. The SMILES string of the molecule is CC(=O)c1cc(F)cc(NC(c2ccccc2)c2ccccc2)c1. The van der Waals surface area contributed by atoms with E-state index in [-0.39, 0.29) is 11.8 Å². The number of Topliss-reactive ketones (excluding diaryl/α,β-unsaturated/α-hetero) is 1. The van der Waals surface area contributed by atoms with Gasteiger partial charge in [0, 0.05) is 11.3 Å². The Morgan fingerprint density at radius 2 is 1.42 bits per heavy atom. The quantitative estimate of drug-likeness (QED) is 0.652. The van der Waals surface area contributed by atoms with Gasteiger partial charge in [-0.25, -0.2) is 4.39 Å². The summed E-state index contributed by atoms with van der Waals surface area (Å²) in [6, 6.07) is 24.1. The average molecular weight is 319 g/mol. The molecule has 0 radical (unpaired) electrons. The van der Waals surface area contributed by atoms with Gasteiger partial charge in [0.1, 0.15) is 5.82 Å². The zero-order chi connectivity index (χ0) is 16.9. The molecule has 0 fully saturated rings. The highest BCUT2D eigenvalue weighted by molar-refractivity contribution is 5.95. The van der Waals surface area contributed by atoms with Gasteiger partial charge in [0.2, 0.25) is 0 Å². The Kier molecular flexibility index (Phi) is 4.71. The Labute approximate surface area is 141 Å². The first kappa shape index (κ1) is 15.9. The number of rotatable bonds is 5. The van der Waals surface area contributed by atoms with E-state index < -0.39 is 5.82 Å². The average Bonchev–Trinajstić information content (AvgIpc) is 2.60. The van der Waals surface area contributed by atoms with Crippen LogP contribution in [0.5, 0.6) is 0 Å². The largest absolute Gasteiger partial charge is 0.374 e. The second-order valence-electron chi connectivity index (χ2n) is 5.68. The number of anilines is 1. The van der Waals surface area contributed by atoms with Gasteiger partial charge in [0.15, 0.2) is 5.78 Å². The molecule has 120 valence electrons. The van der Waals surface area contributed by atoms with Crippen LogP contribution in [0.15, 0.2) is 78.9 Å². The molecule has 24 heavy (non-hydrogen) atoms. The van der Waals surface area contributed by atoms with E-state index in [9.17, 15) is 9.18 Å². The van der Waals surface area contributed by atoms with Crippen molar-refractivity contribution >= 4 is 11.5 Å². The molecule has 0 aliphatic carbocycles. The second-order valence-corrected chi connectivity index (χ2v) is 5.68. The van der Waals surface area contributed by atoms with Gasteiger partial charge < -0.3 is 5.32 Å². The Balaban J connectivity index is 2.00. The lowest BCUT2D eigenvalue weighted by molar-refractivity contribution is 0.101. The highest BCUT2D eigenvalue weighted by Crippen LogP contribution is 2.27. The molecule has 0 saturated heterocycles. The van der Waals surface area contributed by atoms with Crippen LogP contribution in [0.4, 0.5) is 10.1 Å². The van der Waals surface area contributed by atoms with Crippen LogP contribution in [0.25, 0.3) is 0 Å². The molecule has 2 nitrogen and oxygen atoms in total. The minimum absolute atomic E-state index is 0.131. The first-order valence-electron chi connectivity index (χ1n) is 7.81. The summed E-state index contributed by atoms with van der Waals surface area (Å²) in [7, 11) is 0. The molecule has 0 spiro atoms. The summed E-state index contributed by atoms with van der Waals surface area (Å²) in [4.78, 5) is 11.6. The van der Waals surface area contributed by atoms with Crippen molar-refractivity contribution in [1.82, 2.24) is 0 Å². The Bertz CT molecular complexity index is 791. The van der Waals surface area contributed by atoms with Crippen LogP contribution in [0.1, 0.15) is 34.5 Å². The third kappa shape index (κ3) is 3.69. The van der Waals surface area contributed by atoms with Crippen LogP contribution in [-0.2, 0) is 0 Å². The lowest BCUT2D eigenvalue weighted by Crippen LogP contribution is -2.13. The van der Waals surface area contributed by atoms with Crippen LogP contribution in [0, 0.1) is 5.82 Å². The molecule has 0 saturated carbocycles. The molecule has 0 aliphatic rings. The predicted molar refractivity (Wildman–Crippen MR) is 94.8 cm³/mol. The Morgan fingerprint density at radius 1 is 0.875 bits per heavy atom. The van der Waals surface area contributed by atoms with Gasteiger partial charge >= 0.3 is 0 Å². The number of halogens is 1. The lowest BCUT2D eigenvalue weighted by Gasteiger charge is -2.21. The van der Waals surface area contributed by atoms with E-state index in [4.69, 9.17) is 0 Å². The Hall–Kier alpha value is -2.94. The van der Waals surface area contributed by atoms with Crippen molar-refractivity contribution < 1.29 is 9.18 Å². The van der Waals surface area contributed by atoms with E-state index in [1.807, 2.05) is 60.7 Å². The lowest BCUT2D eigenvalue weighted by atomic mass is 9.98. The molecule has 3 rings (SSSR count). The van der Waals surface area contributed by atoms with Gasteiger partial charge in [-0.05, 0) is 36.2 Å². The Morgan fingerprint density at radius 3 is 1.92 bits per heavy atom. The molecule has 0 heterocycles. The highest BCUT2D eigenvalue weighted by atomic mass is 19.1. The fourth-order valence-electron chi connectivity index (χ4n) is 2.69. The van der Waals surface area contributed by atoms with Gasteiger partial charge in [-0.2, -0.15) is 0 Å². The number of hydrogen-bond acceptors (Lipinski definition) is 2. The van der Waals surface area contributed by atoms with Crippen LogP contribution in [-0.4, -0.2) is 5.78 Å². The molecule has 0 atom stereocenters. The standard InChI is InChI=1S/C21H18FNO/c1-15(24)18-12-19(22)14-20(13-18)23-21(16-8-4-2-5-9-16)17-10-6-3-7-11-17/h2-14,21,23H,1H3. The van der Waals surface area contributed by atoms with Crippen molar-refractivity contribution in [2.45, 2.75) is 13.0 Å². The van der Waals surface area contributed by atoms with E-state index in [0.717, 1.165) is 11.1 Å². The normalized spacial score (nSPS) is 10.6. The minimum Gasteiger partial charge on any atom is -0.374 e. The maximum absolute atomic E-state index is 13.9. The minimum atomic E-state index is -0.426. The molecule has 3 aromatic rings. The first-order chi connectivity index (χ1) is 11.6.